The Labute approximate surface area is 169 Å². The highest BCUT2D eigenvalue weighted by molar-refractivity contribution is 5.96. The molecule has 3 atom stereocenters. The van der Waals surface area contributed by atoms with Crippen molar-refractivity contribution in [1.82, 2.24) is 5.32 Å². The number of rotatable bonds is 3. The van der Waals surface area contributed by atoms with Crippen LogP contribution in [0.25, 0.3) is 0 Å². The first-order valence-electron chi connectivity index (χ1n) is 9.64. The van der Waals surface area contributed by atoms with Crippen LogP contribution in [-0.4, -0.2) is 24.0 Å². The predicted octanol–water partition coefficient (Wildman–Crippen LogP) is 3.78. The summed E-state index contributed by atoms with van der Waals surface area (Å²) in [6.07, 6.45) is 2.46. The number of phenolic OH excluding ortho intramolecular Hbond substituents is 1. The fourth-order valence-electron chi connectivity index (χ4n) is 4.45. The van der Waals surface area contributed by atoms with E-state index in [4.69, 9.17) is 4.74 Å². The number of hydrogen-bond acceptors (Lipinski definition) is 5. The van der Waals surface area contributed by atoms with Gasteiger partial charge in [-0.2, -0.15) is 0 Å². The number of aromatic hydroxyl groups is 1. The van der Waals surface area contributed by atoms with E-state index in [-0.39, 0.29) is 17.5 Å². The highest BCUT2D eigenvalue weighted by Crippen LogP contribution is 2.46. The first kappa shape index (κ1) is 19.0. The van der Waals surface area contributed by atoms with Crippen molar-refractivity contribution in [3.05, 3.63) is 88.8 Å². The third-order valence-electron chi connectivity index (χ3n) is 5.73. The summed E-state index contributed by atoms with van der Waals surface area (Å²) in [5.74, 6) is -1.36. The third kappa shape index (κ3) is 3.44. The van der Waals surface area contributed by atoms with Crippen LogP contribution in [0.3, 0.4) is 0 Å². The molecule has 2 aliphatic rings. The average molecular weight is 389 g/mol. The molecule has 4 rings (SSSR count). The van der Waals surface area contributed by atoms with Crippen molar-refractivity contribution in [3.63, 3.8) is 0 Å². The van der Waals surface area contributed by atoms with Crippen LogP contribution in [0, 0.1) is 5.92 Å². The van der Waals surface area contributed by atoms with E-state index in [1.54, 1.807) is 18.2 Å². The minimum Gasteiger partial charge on any atom is -0.508 e. The van der Waals surface area contributed by atoms with Gasteiger partial charge in [-0.25, -0.2) is 4.79 Å². The monoisotopic (exact) mass is 389 g/mol. The van der Waals surface area contributed by atoms with Crippen LogP contribution in [-0.2, 0) is 14.3 Å². The number of nitrogens with one attached hydrogen (secondary N) is 1. The average Bonchev–Trinajstić information content (AvgIpc) is 2.72. The second kappa shape index (κ2) is 7.59. The molecule has 2 aromatic rings. The number of carbonyl (C=O) groups excluding carboxylic acids is 2. The molecule has 3 unspecified atom stereocenters. The number of fused-ring (bicyclic) bond motifs is 1. The van der Waals surface area contributed by atoms with E-state index in [0.717, 1.165) is 11.3 Å². The molecule has 29 heavy (non-hydrogen) atoms. The number of esters is 1. The van der Waals surface area contributed by atoms with E-state index in [0.29, 0.717) is 23.3 Å². The molecule has 0 saturated carbocycles. The van der Waals surface area contributed by atoms with Crippen molar-refractivity contribution in [1.29, 1.82) is 0 Å². The quantitative estimate of drug-likeness (QED) is 0.782. The summed E-state index contributed by atoms with van der Waals surface area (Å²) >= 11 is 0. The Balaban J connectivity index is 1.85. The van der Waals surface area contributed by atoms with Crippen LogP contribution in [0.4, 0.5) is 0 Å². The molecule has 1 heterocycles. The Hall–Kier alpha value is -3.34. The standard InChI is InChI=1S/C24H23NO4/c1-14-21(24(28)29-2)22(16-9-6-10-18(26)11-16)23-19(25-14)12-17(13-20(23)27)15-7-4-3-5-8-15/h3-12,17,22-23,25-26H,13H2,1-2H3. The highest BCUT2D eigenvalue weighted by atomic mass is 16.5. The fourth-order valence-corrected chi connectivity index (χ4v) is 4.45. The van der Waals surface area contributed by atoms with Crippen LogP contribution in [0.5, 0.6) is 5.75 Å². The molecule has 2 N–H and O–H groups in total. The van der Waals surface area contributed by atoms with Gasteiger partial charge in [-0.05, 0) is 30.2 Å². The first-order valence-corrected chi connectivity index (χ1v) is 9.64. The minimum atomic E-state index is -0.519. The van der Waals surface area contributed by atoms with Crippen LogP contribution in [0.2, 0.25) is 0 Å². The molecule has 2 aromatic carbocycles. The molecular weight excluding hydrogens is 366 g/mol. The number of allylic oxidation sites excluding steroid dienone is 3. The number of Topliss-reactive ketones (excluding diaryl/α,β-unsaturated/α-hetero) is 1. The molecule has 0 saturated heterocycles. The molecule has 0 radical (unpaired) electrons. The van der Waals surface area contributed by atoms with Crippen LogP contribution >= 0.6 is 0 Å². The Morgan fingerprint density at radius 2 is 1.79 bits per heavy atom. The second-order valence-electron chi connectivity index (χ2n) is 7.52. The summed E-state index contributed by atoms with van der Waals surface area (Å²) in [5.41, 5.74) is 3.69. The first-order chi connectivity index (χ1) is 14.0. The Morgan fingerprint density at radius 1 is 1.07 bits per heavy atom. The van der Waals surface area contributed by atoms with E-state index >= 15 is 0 Å². The zero-order valence-electron chi connectivity index (χ0n) is 16.4. The number of methoxy groups -OCH3 is 1. The Morgan fingerprint density at radius 3 is 2.48 bits per heavy atom. The number of carbonyl (C=O) groups is 2. The van der Waals surface area contributed by atoms with E-state index in [2.05, 4.69) is 11.4 Å². The summed E-state index contributed by atoms with van der Waals surface area (Å²) in [5, 5.41) is 13.3. The lowest BCUT2D eigenvalue weighted by Crippen LogP contribution is -2.41. The maximum atomic E-state index is 13.3. The number of phenols is 1. The molecular formula is C24H23NO4. The van der Waals surface area contributed by atoms with Crippen molar-refractivity contribution in [2.75, 3.05) is 7.11 Å². The number of ketones is 1. The molecule has 0 spiro atoms. The van der Waals surface area contributed by atoms with E-state index in [1.165, 1.54) is 7.11 Å². The van der Waals surface area contributed by atoms with Gasteiger partial charge in [-0.1, -0.05) is 48.5 Å². The van der Waals surface area contributed by atoms with Gasteiger partial charge in [0, 0.05) is 29.7 Å². The van der Waals surface area contributed by atoms with E-state index in [9.17, 15) is 14.7 Å². The van der Waals surface area contributed by atoms with Gasteiger partial charge in [-0.15, -0.1) is 0 Å². The summed E-state index contributed by atoms with van der Waals surface area (Å²) in [6.45, 7) is 1.82. The molecule has 0 aromatic heterocycles. The zero-order valence-corrected chi connectivity index (χ0v) is 16.4. The van der Waals surface area contributed by atoms with Crippen molar-refractivity contribution in [3.8, 4) is 5.75 Å². The van der Waals surface area contributed by atoms with Gasteiger partial charge in [0.05, 0.1) is 18.6 Å². The molecule has 5 heteroatoms. The van der Waals surface area contributed by atoms with Gasteiger partial charge in [0.25, 0.3) is 0 Å². The SMILES string of the molecule is COC(=O)C1=C(C)NC2=CC(c3ccccc3)CC(=O)C2C1c1cccc(O)c1. The molecule has 0 bridgehead atoms. The van der Waals surface area contributed by atoms with Crippen molar-refractivity contribution < 1.29 is 19.4 Å². The molecule has 148 valence electrons. The summed E-state index contributed by atoms with van der Waals surface area (Å²) in [7, 11) is 1.33. The van der Waals surface area contributed by atoms with E-state index < -0.39 is 17.8 Å². The lowest BCUT2D eigenvalue weighted by atomic mass is 9.68. The predicted molar refractivity (Wildman–Crippen MR) is 109 cm³/mol. The van der Waals surface area contributed by atoms with Crippen LogP contribution in [0.15, 0.2) is 77.6 Å². The zero-order chi connectivity index (χ0) is 20.5. The van der Waals surface area contributed by atoms with E-state index in [1.807, 2.05) is 43.3 Å². The van der Waals surface area contributed by atoms with Gasteiger partial charge < -0.3 is 15.2 Å². The summed E-state index contributed by atoms with van der Waals surface area (Å²) in [4.78, 5) is 25.9. The molecule has 0 fully saturated rings. The summed E-state index contributed by atoms with van der Waals surface area (Å²) in [6, 6.07) is 16.7. The second-order valence-corrected chi connectivity index (χ2v) is 7.52. The van der Waals surface area contributed by atoms with Crippen molar-refractivity contribution >= 4 is 11.8 Å². The van der Waals surface area contributed by atoms with Crippen molar-refractivity contribution in [2.45, 2.75) is 25.2 Å². The van der Waals surface area contributed by atoms with Crippen LogP contribution < -0.4 is 5.32 Å². The number of benzene rings is 2. The Kier molecular flexibility index (Phi) is 4.97. The lowest BCUT2D eigenvalue weighted by Gasteiger charge is -2.39. The van der Waals surface area contributed by atoms with Gasteiger partial charge in [0.1, 0.15) is 11.5 Å². The maximum Gasteiger partial charge on any atom is 0.336 e. The number of ether oxygens (including phenoxy) is 1. The van der Waals surface area contributed by atoms with Crippen LogP contribution in [0.1, 0.15) is 36.3 Å². The number of hydrogen-bond donors (Lipinski definition) is 2. The highest BCUT2D eigenvalue weighted by Gasteiger charge is 2.44. The van der Waals surface area contributed by atoms with Gasteiger partial charge in [-0.3, -0.25) is 4.79 Å². The largest absolute Gasteiger partial charge is 0.508 e. The fraction of sp³-hybridized carbons (Fsp3) is 0.250. The summed E-state index contributed by atoms with van der Waals surface area (Å²) < 4.78 is 5.02. The minimum absolute atomic E-state index is 0.0141. The molecule has 1 aliphatic heterocycles. The topological polar surface area (TPSA) is 75.6 Å². The van der Waals surface area contributed by atoms with Gasteiger partial charge >= 0.3 is 5.97 Å². The lowest BCUT2D eigenvalue weighted by molar-refractivity contribution is -0.136. The normalized spacial score (nSPS) is 23.7. The molecule has 5 nitrogen and oxygen atoms in total. The Bertz CT molecular complexity index is 1020. The van der Waals surface area contributed by atoms with Gasteiger partial charge in [0.15, 0.2) is 0 Å². The molecule has 0 amide bonds. The maximum absolute atomic E-state index is 13.3. The van der Waals surface area contributed by atoms with Gasteiger partial charge in [0.2, 0.25) is 0 Å². The third-order valence-corrected chi connectivity index (χ3v) is 5.73. The van der Waals surface area contributed by atoms with Crippen molar-refractivity contribution in [2.24, 2.45) is 5.92 Å². The molecule has 1 aliphatic carbocycles. The smallest absolute Gasteiger partial charge is 0.336 e.